The lowest BCUT2D eigenvalue weighted by Crippen LogP contribution is -2.29. The van der Waals surface area contributed by atoms with Gasteiger partial charge in [0, 0.05) is 17.2 Å². The molecule has 1 rings (SSSR count). The van der Waals surface area contributed by atoms with E-state index in [4.69, 9.17) is 10.7 Å². The predicted octanol–water partition coefficient (Wildman–Crippen LogP) is 2.67. The zero-order valence-corrected chi connectivity index (χ0v) is 12.5. The maximum Gasteiger partial charge on any atom is 0.261 e. The van der Waals surface area contributed by atoms with E-state index in [0.717, 1.165) is 6.42 Å². The minimum atomic E-state index is -4.25. The van der Waals surface area contributed by atoms with E-state index in [1.54, 1.807) is 0 Å². The number of hydrogen-bond donors (Lipinski definition) is 1. The summed E-state index contributed by atoms with van der Waals surface area (Å²) in [6.07, 6.45) is 0.799. The molecule has 0 aromatic heterocycles. The summed E-state index contributed by atoms with van der Waals surface area (Å²) in [6, 6.07) is 1.15. The van der Waals surface area contributed by atoms with Crippen molar-refractivity contribution < 1.29 is 22.0 Å². The van der Waals surface area contributed by atoms with Crippen molar-refractivity contribution in [1.82, 2.24) is 5.32 Å². The molecule has 1 unspecified atom stereocenters. The van der Waals surface area contributed by atoms with E-state index in [0.29, 0.717) is 12.1 Å². The van der Waals surface area contributed by atoms with Crippen LogP contribution in [-0.4, -0.2) is 20.9 Å². The van der Waals surface area contributed by atoms with Crippen LogP contribution in [0.25, 0.3) is 0 Å². The molecule has 1 aromatic rings. The summed E-state index contributed by atoms with van der Waals surface area (Å²) in [7, 11) is 0.812. The molecule has 8 heteroatoms. The van der Waals surface area contributed by atoms with Crippen LogP contribution in [0.2, 0.25) is 0 Å². The summed E-state index contributed by atoms with van der Waals surface area (Å²) in [5, 5.41) is 2.41. The van der Waals surface area contributed by atoms with Gasteiger partial charge in [-0.3, -0.25) is 4.79 Å². The van der Waals surface area contributed by atoms with Gasteiger partial charge in [-0.25, -0.2) is 17.2 Å². The van der Waals surface area contributed by atoms with Gasteiger partial charge in [0.25, 0.3) is 15.0 Å². The molecule has 0 aliphatic heterocycles. The second-order valence-electron chi connectivity index (χ2n) is 4.43. The number of hydrogen-bond acceptors (Lipinski definition) is 3. The molecule has 112 valence electrons. The number of halogens is 3. The highest BCUT2D eigenvalue weighted by Gasteiger charge is 2.22. The third kappa shape index (κ3) is 4.14. The molecule has 0 aliphatic rings. The van der Waals surface area contributed by atoms with Crippen molar-refractivity contribution in [1.29, 1.82) is 0 Å². The second-order valence-corrected chi connectivity index (χ2v) is 6.99. The van der Waals surface area contributed by atoms with Gasteiger partial charge in [0.05, 0.1) is 10.5 Å². The van der Waals surface area contributed by atoms with Gasteiger partial charge in [-0.1, -0.05) is 20.3 Å². The molecule has 1 atom stereocenters. The minimum absolute atomic E-state index is 0.159. The summed E-state index contributed by atoms with van der Waals surface area (Å²) in [5.74, 6) is -3.58. The van der Waals surface area contributed by atoms with Crippen molar-refractivity contribution in [2.75, 3.05) is 6.54 Å². The Morgan fingerprint density at radius 2 is 2.00 bits per heavy atom. The summed E-state index contributed by atoms with van der Waals surface area (Å²) >= 11 is 0. The van der Waals surface area contributed by atoms with Crippen molar-refractivity contribution in [2.24, 2.45) is 5.92 Å². The first-order chi connectivity index (χ1) is 9.16. The van der Waals surface area contributed by atoms with E-state index in [9.17, 15) is 22.0 Å². The maximum absolute atomic E-state index is 13.6. The topological polar surface area (TPSA) is 63.2 Å². The molecule has 0 heterocycles. The Bertz CT molecular complexity index is 619. The van der Waals surface area contributed by atoms with Crippen LogP contribution in [-0.2, 0) is 9.05 Å². The highest BCUT2D eigenvalue weighted by Crippen LogP contribution is 2.21. The zero-order valence-electron chi connectivity index (χ0n) is 10.9. The van der Waals surface area contributed by atoms with E-state index in [1.165, 1.54) is 0 Å². The van der Waals surface area contributed by atoms with Crippen LogP contribution in [0.1, 0.15) is 30.6 Å². The molecule has 0 saturated carbocycles. The van der Waals surface area contributed by atoms with Gasteiger partial charge in [-0.15, -0.1) is 0 Å². The lowest BCUT2D eigenvalue weighted by molar-refractivity contribution is 0.0942. The molecule has 0 bridgehead atoms. The first kappa shape index (κ1) is 16.8. The monoisotopic (exact) mass is 325 g/mol. The highest BCUT2D eigenvalue weighted by molar-refractivity contribution is 8.13. The van der Waals surface area contributed by atoms with Crippen molar-refractivity contribution in [3.05, 3.63) is 29.3 Å². The van der Waals surface area contributed by atoms with Crippen LogP contribution in [0.5, 0.6) is 0 Å². The number of nitrogens with one attached hydrogen (secondary N) is 1. The van der Waals surface area contributed by atoms with Gasteiger partial charge in [0.15, 0.2) is 11.6 Å². The van der Waals surface area contributed by atoms with Crippen LogP contribution in [0, 0.1) is 17.6 Å². The molecule has 4 nitrogen and oxygen atoms in total. The van der Waals surface area contributed by atoms with Crippen LogP contribution in [0.15, 0.2) is 17.0 Å². The molecule has 0 radical (unpaired) electrons. The molecular formula is C12H14ClF2NO3S. The van der Waals surface area contributed by atoms with Gasteiger partial charge >= 0.3 is 0 Å². The molecule has 1 amide bonds. The van der Waals surface area contributed by atoms with Gasteiger partial charge < -0.3 is 5.32 Å². The zero-order chi connectivity index (χ0) is 15.5. The molecule has 1 N–H and O–H groups in total. The van der Waals surface area contributed by atoms with Crippen LogP contribution < -0.4 is 5.32 Å². The van der Waals surface area contributed by atoms with Crippen LogP contribution >= 0.6 is 10.7 Å². The lowest BCUT2D eigenvalue weighted by atomic mass is 10.1. The van der Waals surface area contributed by atoms with Gasteiger partial charge in [0.1, 0.15) is 0 Å². The van der Waals surface area contributed by atoms with Crippen molar-refractivity contribution in [2.45, 2.75) is 25.2 Å². The average Bonchev–Trinajstić information content (AvgIpc) is 2.37. The number of carbonyl (C=O) groups is 1. The van der Waals surface area contributed by atoms with Gasteiger partial charge in [-0.05, 0) is 18.1 Å². The van der Waals surface area contributed by atoms with Crippen LogP contribution in [0.3, 0.4) is 0 Å². The number of amides is 1. The normalized spacial score (nSPS) is 13.1. The third-order valence-electron chi connectivity index (χ3n) is 2.84. The average molecular weight is 326 g/mol. The predicted molar refractivity (Wildman–Crippen MR) is 71.2 cm³/mol. The third-order valence-corrected chi connectivity index (χ3v) is 4.17. The fourth-order valence-electron chi connectivity index (χ4n) is 1.38. The van der Waals surface area contributed by atoms with Crippen LogP contribution in [0.4, 0.5) is 8.78 Å². The molecule has 0 spiro atoms. The highest BCUT2D eigenvalue weighted by atomic mass is 35.7. The Hall–Kier alpha value is -1.21. The Balaban J connectivity index is 3.11. The van der Waals surface area contributed by atoms with E-state index in [2.05, 4.69) is 5.32 Å². The SMILES string of the molecule is CCC(C)CNC(=O)c1cc(S(=O)(=O)Cl)cc(F)c1F. The summed E-state index contributed by atoms with van der Waals surface area (Å²) < 4.78 is 49.1. The van der Waals surface area contributed by atoms with E-state index in [-0.39, 0.29) is 12.5 Å². The maximum atomic E-state index is 13.6. The Labute approximate surface area is 120 Å². The second kappa shape index (κ2) is 6.49. The number of benzene rings is 1. The molecule has 0 fully saturated rings. The van der Waals surface area contributed by atoms with Crippen molar-refractivity contribution in [3.8, 4) is 0 Å². The summed E-state index contributed by atoms with van der Waals surface area (Å²) in [5.41, 5.74) is -0.687. The summed E-state index contributed by atoms with van der Waals surface area (Å²) in [4.78, 5) is 11.1. The first-order valence-corrected chi connectivity index (χ1v) is 8.19. The molecule has 1 aromatic carbocycles. The van der Waals surface area contributed by atoms with Gasteiger partial charge in [-0.2, -0.15) is 0 Å². The number of rotatable bonds is 5. The van der Waals surface area contributed by atoms with E-state index >= 15 is 0 Å². The molecule has 20 heavy (non-hydrogen) atoms. The fourth-order valence-corrected chi connectivity index (χ4v) is 2.15. The van der Waals surface area contributed by atoms with E-state index < -0.39 is 37.1 Å². The summed E-state index contributed by atoms with van der Waals surface area (Å²) in [6.45, 7) is 4.06. The molecule has 0 saturated heterocycles. The molecule has 0 aliphatic carbocycles. The quantitative estimate of drug-likeness (QED) is 0.847. The van der Waals surface area contributed by atoms with Crippen molar-refractivity contribution in [3.63, 3.8) is 0 Å². The first-order valence-electron chi connectivity index (χ1n) is 5.88. The smallest absolute Gasteiger partial charge is 0.261 e. The molecular weight excluding hydrogens is 312 g/mol. The number of carbonyl (C=O) groups excluding carboxylic acids is 1. The van der Waals surface area contributed by atoms with E-state index in [1.807, 2.05) is 13.8 Å². The van der Waals surface area contributed by atoms with Crippen molar-refractivity contribution >= 4 is 25.6 Å². The van der Waals surface area contributed by atoms with Gasteiger partial charge in [0.2, 0.25) is 0 Å². The lowest BCUT2D eigenvalue weighted by Gasteiger charge is -2.11. The fraction of sp³-hybridized carbons (Fsp3) is 0.417. The minimum Gasteiger partial charge on any atom is -0.352 e. The Kier molecular flexibility index (Phi) is 5.47. The Morgan fingerprint density at radius 1 is 1.40 bits per heavy atom. The Morgan fingerprint density at radius 3 is 2.50 bits per heavy atom. The standard InChI is InChI=1S/C12H14ClF2NO3S/c1-3-7(2)6-16-12(17)9-4-8(20(13,18)19)5-10(14)11(9)15/h4-5,7H,3,6H2,1-2H3,(H,16,17). The largest absolute Gasteiger partial charge is 0.352 e.